The minimum Gasteiger partial charge on any atom is -0.387 e. The zero-order chi connectivity index (χ0) is 18.7. The normalized spacial score (nSPS) is 24.8. The molecule has 1 spiro atoms. The highest BCUT2D eigenvalue weighted by Crippen LogP contribution is 2.58. The fraction of sp³-hybridized carbons (Fsp3) is 0.682. The van der Waals surface area contributed by atoms with Crippen LogP contribution in [0.3, 0.4) is 0 Å². The van der Waals surface area contributed by atoms with Crippen LogP contribution in [0.1, 0.15) is 43.8 Å². The van der Waals surface area contributed by atoms with Crippen molar-refractivity contribution in [2.24, 2.45) is 17.3 Å². The molecule has 4 rings (SSSR count). The van der Waals surface area contributed by atoms with E-state index in [1.54, 1.807) is 0 Å². The lowest BCUT2D eigenvalue weighted by molar-refractivity contribution is -0.123. The number of hydrogen-bond acceptors (Lipinski definition) is 4. The second-order valence-electron chi connectivity index (χ2n) is 8.78. The number of likely N-dealkylation sites (tertiary alicyclic amines) is 1. The maximum atomic E-state index is 12.5. The summed E-state index contributed by atoms with van der Waals surface area (Å²) in [6, 6.07) is 9.90. The molecule has 1 aromatic rings. The van der Waals surface area contributed by atoms with Gasteiger partial charge in [0.1, 0.15) is 0 Å². The van der Waals surface area contributed by atoms with Gasteiger partial charge < -0.3 is 20.6 Å². The minimum atomic E-state index is -0.418. The van der Waals surface area contributed by atoms with Crippen LogP contribution in [0.2, 0.25) is 0 Å². The van der Waals surface area contributed by atoms with Gasteiger partial charge in [0.2, 0.25) is 5.91 Å². The van der Waals surface area contributed by atoms with Gasteiger partial charge >= 0.3 is 0 Å². The summed E-state index contributed by atoms with van der Waals surface area (Å²) in [6.45, 7) is 5.65. The summed E-state index contributed by atoms with van der Waals surface area (Å²) < 4.78 is 0. The van der Waals surface area contributed by atoms with Crippen LogP contribution in [0.25, 0.3) is 0 Å². The van der Waals surface area contributed by atoms with Gasteiger partial charge in [0, 0.05) is 19.0 Å². The third-order valence-electron chi connectivity index (χ3n) is 6.99. The summed E-state index contributed by atoms with van der Waals surface area (Å²) in [7, 11) is 0. The molecule has 2 saturated heterocycles. The van der Waals surface area contributed by atoms with Crippen molar-refractivity contribution < 1.29 is 9.90 Å². The monoisotopic (exact) mass is 443 g/mol. The number of hydrogen-bond donors (Lipinski definition) is 3. The molecule has 1 aliphatic carbocycles. The maximum absolute atomic E-state index is 12.5. The molecule has 0 radical (unpaired) electrons. The molecule has 3 aliphatic rings. The number of amides is 1. The van der Waals surface area contributed by atoms with Crippen LogP contribution in [0.15, 0.2) is 30.3 Å². The van der Waals surface area contributed by atoms with E-state index >= 15 is 0 Å². The highest BCUT2D eigenvalue weighted by molar-refractivity contribution is 5.85. The number of nitrogens with zero attached hydrogens (tertiary/aromatic N) is 1. The van der Waals surface area contributed by atoms with Crippen LogP contribution in [-0.2, 0) is 4.79 Å². The number of aliphatic hydroxyl groups is 1. The minimum absolute atomic E-state index is 0. The van der Waals surface area contributed by atoms with E-state index in [0.717, 1.165) is 70.4 Å². The third-order valence-corrected chi connectivity index (χ3v) is 6.99. The Morgan fingerprint density at radius 1 is 1.17 bits per heavy atom. The number of halogens is 2. The highest BCUT2D eigenvalue weighted by atomic mass is 35.5. The van der Waals surface area contributed by atoms with Crippen molar-refractivity contribution in [3.05, 3.63) is 35.9 Å². The zero-order valence-corrected chi connectivity index (χ0v) is 18.6. The topological polar surface area (TPSA) is 64.6 Å². The molecule has 3 N–H and O–H groups in total. The number of β-amino-alcohol motifs (C(OH)–C–C–N with tert-alkyl or cyclic N) is 1. The van der Waals surface area contributed by atoms with Crippen molar-refractivity contribution >= 4 is 30.7 Å². The van der Waals surface area contributed by atoms with Gasteiger partial charge in [-0.2, -0.15) is 0 Å². The molecular weight excluding hydrogens is 409 g/mol. The average Bonchev–Trinajstić information content (AvgIpc) is 3.41. The molecule has 0 aromatic heterocycles. The fourth-order valence-electron chi connectivity index (χ4n) is 4.96. The standard InChI is InChI=1S/C22H33N3O2.2ClH/c26-20(18-4-2-1-3-5-18)16-25-12-6-17(7-13-25)15-24-21(27)19-14-22(19)8-10-23-11-9-22;;/h1-5,17,19-20,23,26H,6-16H2,(H,24,27);2*1H. The van der Waals surface area contributed by atoms with Crippen molar-refractivity contribution in [2.45, 2.75) is 38.2 Å². The van der Waals surface area contributed by atoms with Gasteiger partial charge in [0.05, 0.1) is 6.10 Å². The molecule has 29 heavy (non-hydrogen) atoms. The highest BCUT2D eigenvalue weighted by Gasteiger charge is 2.57. The first-order valence-electron chi connectivity index (χ1n) is 10.6. The summed E-state index contributed by atoms with van der Waals surface area (Å²) >= 11 is 0. The lowest BCUT2D eigenvalue weighted by Gasteiger charge is -2.33. The Morgan fingerprint density at radius 2 is 1.83 bits per heavy atom. The Hall–Kier alpha value is -0.850. The van der Waals surface area contributed by atoms with E-state index in [0.29, 0.717) is 23.8 Å². The summed E-state index contributed by atoms with van der Waals surface area (Å²) in [6.07, 6.45) is 5.19. The van der Waals surface area contributed by atoms with Crippen LogP contribution in [0, 0.1) is 17.3 Å². The number of carbonyl (C=O) groups is 1. The van der Waals surface area contributed by atoms with Crippen molar-refractivity contribution in [1.29, 1.82) is 0 Å². The molecule has 1 amide bonds. The molecule has 0 bridgehead atoms. The molecule has 5 nitrogen and oxygen atoms in total. The molecular formula is C22H35Cl2N3O2. The van der Waals surface area contributed by atoms with E-state index in [-0.39, 0.29) is 30.7 Å². The largest absolute Gasteiger partial charge is 0.387 e. The molecule has 2 atom stereocenters. The second-order valence-corrected chi connectivity index (χ2v) is 8.78. The first-order chi connectivity index (χ1) is 13.2. The summed E-state index contributed by atoms with van der Waals surface area (Å²) in [5, 5.41) is 17.0. The van der Waals surface area contributed by atoms with Crippen LogP contribution in [0.5, 0.6) is 0 Å². The number of carbonyl (C=O) groups excluding carboxylic acids is 1. The molecule has 2 heterocycles. The molecule has 164 valence electrons. The molecule has 3 fully saturated rings. The Kier molecular flexibility index (Phi) is 9.23. The summed E-state index contributed by atoms with van der Waals surface area (Å²) in [5.41, 5.74) is 1.31. The smallest absolute Gasteiger partial charge is 0.223 e. The molecule has 7 heteroatoms. The Bertz CT molecular complexity index is 632. The summed E-state index contributed by atoms with van der Waals surface area (Å²) in [5.74, 6) is 1.13. The molecule has 2 aliphatic heterocycles. The van der Waals surface area contributed by atoms with E-state index in [1.807, 2.05) is 30.3 Å². The number of benzene rings is 1. The van der Waals surface area contributed by atoms with Crippen molar-refractivity contribution in [1.82, 2.24) is 15.5 Å². The average molecular weight is 444 g/mol. The number of rotatable bonds is 6. The van der Waals surface area contributed by atoms with Crippen molar-refractivity contribution in [2.75, 3.05) is 39.3 Å². The SMILES string of the molecule is Cl.Cl.O=C(NCC1CCN(CC(O)c2ccccc2)CC1)C1CC12CCNCC2. The lowest BCUT2D eigenvalue weighted by atomic mass is 9.91. The molecule has 1 saturated carbocycles. The predicted octanol–water partition coefficient (Wildman–Crippen LogP) is 2.78. The van der Waals surface area contributed by atoms with Crippen molar-refractivity contribution in [3.63, 3.8) is 0 Å². The van der Waals surface area contributed by atoms with E-state index in [2.05, 4.69) is 15.5 Å². The van der Waals surface area contributed by atoms with E-state index in [1.165, 1.54) is 0 Å². The van der Waals surface area contributed by atoms with Crippen LogP contribution in [0.4, 0.5) is 0 Å². The van der Waals surface area contributed by atoms with E-state index in [9.17, 15) is 9.90 Å². The summed E-state index contributed by atoms with van der Waals surface area (Å²) in [4.78, 5) is 14.9. The quantitative estimate of drug-likeness (QED) is 0.632. The maximum Gasteiger partial charge on any atom is 0.223 e. The number of nitrogens with one attached hydrogen (secondary N) is 2. The Balaban J connectivity index is 0.00000150. The molecule has 2 unspecified atom stereocenters. The predicted molar refractivity (Wildman–Crippen MR) is 121 cm³/mol. The van der Waals surface area contributed by atoms with E-state index in [4.69, 9.17) is 0 Å². The van der Waals surface area contributed by atoms with Gasteiger partial charge in [-0.05, 0) is 75.2 Å². The van der Waals surface area contributed by atoms with Gasteiger partial charge in [0.25, 0.3) is 0 Å². The van der Waals surface area contributed by atoms with Crippen LogP contribution >= 0.6 is 24.8 Å². The second kappa shape index (κ2) is 11.0. The van der Waals surface area contributed by atoms with Crippen LogP contribution < -0.4 is 10.6 Å². The van der Waals surface area contributed by atoms with Crippen molar-refractivity contribution in [3.8, 4) is 0 Å². The number of aliphatic hydroxyl groups excluding tert-OH is 1. The lowest BCUT2D eigenvalue weighted by Crippen LogP contribution is -2.41. The van der Waals surface area contributed by atoms with Gasteiger partial charge in [-0.3, -0.25) is 4.79 Å². The van der Waals surface area contributed by atoms with E-state index < -0.39 is 6.10 Å². The number of piperidine rings is 2. The van der Waals surface area contributed by atoms with Gasteiger partial charge in [0.15, 0.2) is 0 Å². The van der Waals surface area contributed by atoms with Gasteiger partial charge in [-0.25, -0.2) is 0 Å². The van der Waals surface area contributed by atoms with Gasteiger partial charge in [-0.1, -0.05) is 30.3 Å². The zero-order valence-electron chi connectivity index (χ0n) is 17.0. The van der Waals surface area contributed by atoms with Crippen LogP contribution in [-0.4, -0.2) is 55.2 Å². The fourth-order valence-corrected chi connectivity index (χ4v) is 4.96. The Labute approximate surface area is 186 Å². The first kappa shape index (κ1) is 24.4. The third kappa shape index (κ3) is 6.08. The first-order valence-corrected chi connectivity index (χ1v) is 10.6. The van der Waals surface area contributed by atoms with Gasteiger partial charge in [-0.15, -0.1) is 24.8 Å². The molecule has 1 aromatic carbocycles. The Morgan fingerprint density at radius 3 is 2.48 bits per heavy atom.